The van der Waals surface area contributed by atoms with Crippen LogP contribution in [-0.2, 0) is 0 Å². The number of nitrogens with zero attached hydrogens (tertiary/aromatic N) is 3. The predicted octanol–water partition coefficient (Wildman–Crippen LogP) is 2.30. The van der Waals surface area contributed by atoms with Crippen molar-refractivity contribution >= 4 is 5.65 Å². The van der Waals surface area contributed by atoms with E-state index in [0.717, 1.165) is 48.3 Å². The number of aliphatic hydroxyl groups is 1. The molecule has 0 radical (unpaired) electrons. The molecular formula is C16H24N4O. The minimum atomic E-state index is -0.526. The van der Waals surface area contributed by atoms with Gasteiger partial charge < -0.3 is 10.4 Å². The molecule has 1 saturated carbocycles. The Balaban J connectivity index is 1.77. The van der Waals surface area contributed by atoms with Gasteiger partial charge in [-0.15, -0.1) is 0 Å². The Morgan fingerprint density at radius 1 is 1.38 bits per heavy atom. The van der Waals surface area contributed by atoms with Crippen molar-refractivity contribution in [3.05, 3.63) is 29.2 Å². The lowest BCUT2D eigenvalue weighted by molar-refractivity contribution is 0.0453. The Morgan fingerprint density at radius 2 is 2.10 bits per heavy atom. The molecule has 0 amide bonds. The Morgan fingerprint density at radius 3 is 2.81 bits per heavy atom. The van der Waals surface area contributed by atoms with Crippen LogP contribution in [-0.4, -0.2) is 31.9 Å². The Kier molecular flexibility index (Phi) is 3.71. The third-order valence-corrected chi connectivity index (χ3v) is 4.62. The molecule has 2 N–H and O–H groups in total. The van der Waals surface area contributed by atoms with Crippen molar-refractivity contribution in [2.24, 2.45) is 0 Å². The number of fused-ring (bicyclic) bond motifs is 1. The maximum absolute atomic E-state index is 10.4. The van der Waals surface area contributed by atoms with Gasteiger partial charge in [0.05, 0.1) is 11.3 Å². The molecule has 1 aliphatic carbocycles. The van der Waals surface area contributed by atoms with Crippen molar-refractivity contribution in [3.8, 4) is 0 Å². The van der Waals surface area contributed by atoms with Crippen LogP contribution >= 0.6 is 0 Å². The summed E-state index contributed by atoms with van der Waals surface area (Å²) < 4.78 is 1.90. The van der Waals surface area contributed by atoms with Crippen LogP contribution in [0.15, 0.2) is 12.3 Å². The van der Waals surface area contributed by atoms with Crippen molar-refractivity contribution in [1.29, 1.82) is 0 Å². The van der Waals surface area contributed by atoms with Crippen molar-refractivity contribution < 1.29 is 5.11 Å². The van der Waals surface area contributed by atoms with E-state index in [1.807, 2.05) is 23.7 Å². The number of aromatic nitrogens is 3. The van der Waals surface area contributed by atoms with Gasteiger partial charge in [0.1, 0.15) is 0 Å². The monoisotopic (exact) mass is 288 g/mol. The minimum absolute atomic E-state index is 0.149. The first-order valence-corrected chi connectivity index (χ1v) is 7.76. The summed E-state index contributed by atoms with van der Waals surface area (Å²) in [5, 5.41) is 18.4. The number of hydrogen-bond acceptors (Lipinski definition) is 4. The number of aryl methyl sites for hydroxylation is 2. The highest BCUT2D eigenvalue weighted by Gasteiger charge is 2.31. The van der Waals surface area contributed by atoms with Gasteiger partial charge in [0.25, 0.3) is 0 Å². The molecule has 1 atom stereocenters. The molecule has 1 fully saturated rings. The van der Waals surface area contributed by atoms with Gasteiger partial charge in [0, 0.05) is 36.1 Å². The van der Waals surface area contributed by atoms with Gasteiger partial charge in [0.2, 0.25) is 0 Å². The lowest BCUT2D eigenvalue weighted by Crippen LogP contribution is -2.39. The summed E-state index contributed by atoms with van der Waals surface area (Å²) in [5.74, 6) is 0. The average Bonchev–Trinajstić information content (AvgIpc) is 3.03. The first-order chi connectivity index (χ1) is 9.98. The maximum Gasteiger partial charge on any atom is 0.155 e. The van der Waals surface area contributed by atoms with E-state index >= 15 is 0 Å². The molecule has 1 unspecified atom stereocenters. The molecule has 1 aliphatic rings. The van der Waals surface area contributed by atoms with E-state index in [9.17, 15) is 5.11 Å². The fraction of sp³-hybridized carbons (Fsp3) is 0.625. The molecule has 0 aliphatic heterocycles. The van der Waals surface area contributed by atoms with Crippen LogP contribution in [0.25, 0.3) is 5.65 Å². The van der Waals surface area contributed by atoms with E-state index in [-0.39, 0.29) is 6.04 Å². The molecule has 0 spiro atoms. The Bertz CT molecular complexity index is 643. The van der Waals surface area contributed by atoms with E-state index in [0.29, 0.717) is 6.54 Å². The van der Waals surface area contributed by atoms with Gasteiger partial charge in [-0.1, -0.05) is 12.8 Å². The molecule has 21 heavy (non-hydrogen) atoms. The zero-order chi connectivity index (χ0) is 15.0. The summed E-state index contributed by atoms with van der Waals surface area (Å²) in [6.45, 7) is 6.80. The molecular weight excluding hydrogens is 264 g/mol. The molecule has 2 aromatic rings. The summed E-state index contributed by atoms with van der Waals surface area (Å²) in [6, 6.07) is 2.13. The summed E-state index contributed by atoms with van der Waals surface area (Å²) >= 11 is 0. The average molecular weight is 288 g/mol. The molecule has 0 aromatic carbocycles. The van der Waals surface area contributed by atoms with Crippen LogP contribution in [0.2, 0.25) is 0 Å². The zero-order valence-electron chi connectivity index (χ0n) is 13.1. The lowest BCUT2D eigenvalue weighted by atomic mass is 10.0. The van der Waals surface area contributed by atoms with Crippen LogP contribution in [0.4, 0.5) is 0 Å². The van der Waals surface area contributed by atoms with E-state index in [4.69, 9.17) is 0 Å². The van der Waals surface area contributed by atoms with Crippen molar-refractivity contribution in [2.75, 3.05) is 6.54 Å². The van der Waals surface area contributed by atoms with Crippen LogP contribution in [0.3, 0.4) is 0 Å². The second kappa shape index (κ2) is 5.39. The third-order valence-electron chi connectivity index (χ3n) is 4.62. The summed E-state index contributed by atoms with van der Waals surface area (Å²) in [7, 11) is 0. The normalized spacial score (nSPS) is 19.2. The van der Waals surface area contributed by atoms with E-state index in [1.165, 1.54) is 0 Å². The quantitative estimate of drug-likeness (QED) is 0.906. The molecule has 0 bridgehead atoms. The highest BCUT2D eigenvalue weighted by molar-refractivity contribution is 5.42. The van der Waals surface area contributed by atoms with E-state index < -0.39 is 5.60 Å². The smallest absolute Gasteiger partial charge is 0.155 e. The summed E-state index contributed by atoms with van der Waals surface area (Å²) in [5.41, 5.74) is 3.57. The van der Waals surface area contributed by atoms with Gasteiger partial charge in [0.15, 0.2) is 5.65 Å². The topological polar surface area (TPSA) is 62.5 Å². The molecule has 0 saturated heterocycles. The van der Waals surface area contributed by atoms with Crippen molar-refractivity contribution in [3.63, 3.8) is 0 Å². The van der Waals surface area contributed by atoms with Crippen molar-refractivity contribution in [2.45, 2.75) is 58.1 Å². The molecule has 114 valence electrons. The van der Waals surface area contributed by atoms with Gasteiger partial charge in [-0.25, -0.2) is 9.50 Å². The van der Waals surface area contributed by atoms with Crippen LogP contribution in [0.1, 0.15) is 55.6 Å². The number of hydrogen-bond donors (Lipinski definition) is 2. The Labute approximate surface area is 125 Å². The van der Waals surface area contributed by atoms with Crippen LogP contribution in [0, 0.1) is 13.8 Å². The third kappa shape index (κ3) is 2.80. The van der Waals surface area contributed by atoms with E-state index in [2.05, 4.69) is 29.2 Å². The Hall–Kier alpha value is -1.46. The molecule has 2 heterocycles. The highest BCUT2D eigenvalue weighted by Crippen LogP contribution is 2.29. The van der Waals surface area contributed by atoms with E-state index in [1.54, 1.807) is 0 Å². The van der Waals surface area contributed by atoms with Gasteiger partial charge in [-0.05, 0) is 33.6 Å². The summed E-state index contributed by atoms with van der Waals surface area (Å²) in [6.07, 6.45) is 5.99. The standard InChI is InChI=1S/C16H24N4O/c1-11-8-15-17-9-14(13(3)20(15)19-11)12(2)18-10-16(21)6-4-5-7-16/h8-9,12,18,21H,4-7,10H2,1-3H3. The maximum atomic E-state index is 10.4. The molecule has 3 rings (SSSR count). The van der Waals surface area contributed by atoms with Gasteiger partial charge in [-0.2, -0.15) is 5.10 Å². The largest absolute Gasteiger partial charge is 0.389 e. The fourth-order valence-electron chi connectivity index (χ4n) is 3.26. The number of rotatable bonds is 4. The van der Waals surface area contributed by atoms with Crippen LogP contribution in [0.5, 0.6) is 0 Å². The molecule has 5 heteroatoms. The van der Waals surface area contributed by atoms with Crippen molar-refractivity contribution in [1.82, 2.24) is 19.9 Å². The first-order valence-electron chi connectivity index (χ1n) is 7.76. The SMILES string of the molecule is Cc1cc2ncc(C(C)NCC3(O)CCCC3)c(C)n2n1. The molecule has 2 aromatic heterocycles. The second-order valence-electron chi connectivity index (χ2n) is 6.39. The van der Waals surface area contributed by atoms with Gasteiger partial charge in [-0.3, -0.25) is 0 Å². The minimum Gasteiger partial charge on any atom is -0.389 e. The lowest BCUT2D eigenvalue weighted by Gasteiger charge is -2.25. The highest BCUT2D eigenvalue weighted by atomic mass is 16.3. The summed E-state index contributed by atoms with van der Waals surface area (Å²) in [4.78, 5) is 4.48. The predicted molar refractivity (Wildman–Crippen MR) is 82.3 cm³/mol. The molecule has 5 nitrogen and oxygen atoms in total. The zero-order valence-corrected chi connectivity index (χ0v) is 13.1. The van der Waals surface area contributed by atoms with Gasteiger partial charge >= 0.3 is 0 Å². The second-order valence-corrected chi connectivity index (χ2v) is 6.39. The fourth-order valence-corrected chi connectivity index (χ4v) is 3.26. The number of nitrogens with one attached hydrogen (secondary N) is 1. The van der Waals surface area contributed by atoms with Crippen LogP contribution < -0.4 is 5.32 Å². The first kappa shape index (κ1) is 14.5.